The number of aromatic nitrogens is 2. The Labute approximate surface area is 162 Å². The van der Waals surface area contributed by atoms with Crippen molar-refractivity contribution >= 4 is 17.7 Å². The molecule has 0 unspecified atom stereocenters. The molecule has 0 saturated heterocycles. The van der Waals surface area contributed by atoms with Crippen molar-refractivity contribution < 1.29 is 9.18 Å². The maximum Gasteiger partial charge on any atom is 0.230 e. The Morgan fingerprint density at radius 2 is 2.00 bits per heavy atom. The van der Waals surface area contributed by atoms with Crippen molar-refractivity contribution in [1.29, 1.82) is 0 Å². The van der Waals surface area contributed by atoms with Gasteiger partial charge in [-0.25, -0.2) is 9.37 Å². The summed E-state index contributed by atoms with van der Waals surface area (Å²) in [5, 5.41) is 3.60. The Bertz CT molecular complexity index is 939. The van der Waals surface area contributed by atoms with Crippen LogP contribution in [0.3, 0.4) is 0 Å². The quantitative estimate of drug-likeness (QED) is 0.626. The van der Waals surface area contributed by atoms with Gasteiger partial charge in [-0.15, -0.1) is 0 Å². The fourth-order valence-electron chi connectivity index (χ4n) is 2.69. The number of carbonyl (C=O) groups is 1. The minimum atomic E-state index is -0.239. The Morgan fingerprint density at radius 1 is 1.19 bits per heavy atom. The lowest BCUT2D eigenvalue weighted by Gasteiger charge is -2.10. The van der Waals surface area contributed by atoms with Crippen LogP contribution >= 0.6 is 11.8 Å². The summed E-state index contributed by atoms with van der Waals surface area (Å²) < 4.78 is 15.6. The van der Waals surface area contributed by atoms with Crippen molar-refractivity contribution in [3.8, 4) is 5.69 Å². The third-order valence-corrected chi connectivity index (χ3v) is 5.35. The van der Waals surface area contributed by atoms with Crippen molar-refractivity contribution in [3.05, 3.63) is 77.4 Å². The van der Waals surface area contributed by atoms with Crippen LogP contribution in [-0.2, 0) is 11.2 Å². The predicted octanol–water partition coefficient (Wildman–Crippen LogP) is 4.08. The number of aryl methyl sites for hydroxylation is 2. The molecule has 0 aliphatic rings. The number of hydrogen-bond acceptors (Lipinski definition) is 3. The highest BCUT2D eigenvalue weighted by atomic mass is 32.2. The number of nitrogens with zero attached hydrogens (tertiary/aromatic N) is 2. The Morgan fingerprint density at radius 3 is 2.78 bits per heavy atom. The molecule has 3 rings (SSSR count). The lowest BCUT2D eigenvalue weighted by atomic mass is 10.1. The second-order valence-electron chi connectivity index (χ2n) is 6.33. The van der Waals surface area contributed by atoms with E-state index in [0.717, 1.165) is 10.8 Å². The fourth-order valence-corrected chi connectivity index (χ4v) is 3.49. The van der Waals surface area contributed by atoms with E-state index in [4.69, 9.17) is 0 Å². The first kappa shape index (κ1) is 19.2. The topological polar surface area (TPSA) is 46.9 Å². The van der Waals surface area contributed by atoms with Crippen LogP contribution in [-0.4, -0.2) is 27.8 Å². The molecule has 1 heterocycles. The van der Waals surface area contributed by atoms with E-state index in [2.05, 4.69) is 36.3 Å². The Hall–Kier alpha value is -2.60. The molecule has 140 valence electrons. The molecule has 6 heteroatoms. The van der Waals surface area contributed by atoms with Gasteiger partial charge in [-0.2, -0.15) is 0 Å². The molecular formula is C21H22FN3OS. The van der Waals surface area contributed by atoms with Gasteiger partial charge in [0.2, 0.25) is 5.91 Å². The van der Waals surface area contributed by atoms with E-state index in [1.807, 2.05) is 16.8 Å². The molecule has 0 saturated carbocycles. The molecule has 0 bridgehead atoms. The molecule has 4 nitrogen and oxygen atoms in total. The van der Waals surface area contributed by atoms with Gasteiger partial charge in [-0.1, -0.05) is 36.0 Å². The van der Waals surface area contributed by atoms with Crippen LogP contribution in [0.25, 0.3) is 5.69 Å². The first-order valence-electron chi connectivity index (χ1n) is 8.78. The molecule has 0 aliphatic carbocycles. The number of nitrogens with one attached hydrogen (secondary N) is 1. The molecule has 0 spiro atoms. The van der Waals surface area contributed by atoms with Crippen LogP contribution in [0.15, 0.2) is 60.0 Å². The first-order chi connectivity index (χ1) is 13.0. The second kappa shape index (κ2) is 8.86. The zero-order valence-electron chi connectivity index (χ0n) is 15.4. The summed E-state index contributed by atoms with van der Waals surface area (Å²) in [5.74, 6) is -0.0680. The van der Waals surface area contributed by atoms with Gasteiger partial charge in [0.1, 0.15) is 5.82 Å². The minimum absolute atomic E-state index is 0.0917. The van der Waals surface area contributed by atoms with E-state index < -0.39 is 0 Å². The number of halogens is 1. The molecule has 0 radical (unpaired) electrons. The summed E-state index contributed by atoms with van der Waals surface area (Å²) in [6.45, 7) is 4.56. The highest BCUT2D eigenvalue weighted by Crippen LogP contribution is 2.22. The van der Waals surface area contributed by atoms with E-state index in [0.29, 0.717) is 18.5 Å². The van der Waals surface area contributed by atoms with Crippen LogP contribution in [0.4, 0.5) is 4.39 Å². The molecule has 3 aromatic rings. The van der Waals surface area contributed by atoms with Crippen LogP contribution in [0.5, 0.6) is 0 Å². The average Bonchev–Trinajstić information content (AvgIpc) is 3.12. The van der Waals surface area contributed by atoms with Gasteiger partial charge in [0.25, 0.3) is 0 Å². The van der Waals surface area contributed by atoms with E-state index in [1.54, 1.807) is 24.4 Å². The number of amides is 1. The number of carbonyl (C=O) groups excluding carboxylic acids is 1. The summed E-state index contributed by atoms with van der Waals surface area (Å²) in [7, 11) is 0. The maximum atomic E-state index is 13.6. The van der Waals surface area contributed by atoms with Crippen LogP contribution in [0.2, 0.25) is 0 Å². The van der Waals surface area contributed by atoms with Crippen LogP contribution < -0.4 is 5.32 Å². The van der Waals surface area contributed by atoms with Gasteiger partial charge in [0.15, 0.2) is 5.16 Å². The monoisotopic (exact) mass is 383 g/mol. The van der Waals surface area contributed by atoms with E-state index in [9.17, 15) is 9.18 Å². The number of rotatable bonds is 7. The Balaban J connectivity index is 1.53. The van der Waals surface area contributed by atoms with Gasteiger partial charge >= 0.3 is 0 Å². The van der Waals surface area contributed by atoms with Crippen molar-refractivity contribution in [3.63, 3.8) is 0 Å². The standard InChI is InChI=1S/C21H22FN3OS/c1-15-7-8-18(13-16(15)2)25-12-11-24-21(25)27-14-20(26)23-10-9-17-5-3-4-6-19(17)22/h3-8,11-13H,9-10,14H2,1-2H3,(H,23,26). The highest BCUT2D eigenvalue weighted by molar-refractivity contribution is 7.99. The largest absolute Gasteiger partial charge is 0.355 e. The summed E-state index contributed by atoms with van der Waals surface area (Å²) in [5.41, 5.74) is 4.08. The molecule has 1 N–H and O–H groups in total. The van der Waals surface area contributed by atoms with Crippen molar-refractivity contribution in [2.24, 2.45) is 0 Å². The first-order valence-corrected chi connectivity index (χ1v) is 9.77. The molecule has 1 aromatic heterocycles. The zero-order chi connectivity index (χ0) is 19.2. The minimum Gasteiger partial charge on any atom is -0.355 e. The summed E-state index contributed by atoms with van der Waals surface area (Å²) in [6.07, 6.45) is 4.09. The number of thioether (sulfide) groups is 1. The van der Waals surface area contributed by atoms with Gasteiger partial charge in [0.05, 0.1) is 5.75 Å². The number of hydrogen-bond donors (Lipinski definition) is 1. The van der Waals surface area contributed by atoms with Gasteiger partial charge in [0, 0.05) is 24.6 Å². The summed E-state index contributed by atoms with van der Waals surface area (Å²) in [4.78, 5) is 16.4. The Kier molecular flexibility index (Phi) is 6.29. The second-order valence-corrected chi connectivity index (χ2v) is 7.27. The SMILES string of the molecule is Cc1ccc(-n2ccnc2SCC(=O)NCCc2ccccc2F)cc1C. The highest BCUT2D eigenvalue weighted by Gasteiger charge is 2.10. The van der Waals surface area contributed by atoms with Gasteiger partial charge in [-0.3, -0.25) is 9.36 Å². The van der Waals surface area contributed by atoms with Crippen molar-refractivity contribution in [2.45, 2.75) is 25.4 Å². The summed E-state index contributed by atoms with van der Waals surface area (Å²) >= 11 is 1.38. The number of imidazole rings is 1. The molecule has 27 heavy (non-hydrogen) atoms. The third-order valence-electron chi connectivity index (χ3n) is 4.38. The van der Waals surface area contributed by atoms with Crippen LogP contribution in [0, 0.1) is 19.7 Å². The van der Waals surface area contributed by atoms with E-state index in [1.165, 1.54) is 29.0 Å². The lowest BCUT2D eigenvalue weighted by Crippen LogP contribution is -2.27. The fraction of sp³-hybridized carbons (Fsp3) is 0.238. The average molecular weight is 383 g/mol. The third kappa shape index (κ3) is 4.98. The normalized spacial score (nSPS) is 10.8. The molecule has 2 aromatic carbocycles. The smallest absolute Gasteiger partial charge is 0.230 e. The molecule has 0 aliphatic heterocycles. The van der Waals surface area contributed by atoms with Crippen molar-refractivity contribution in [1.82, 2.24) is 14.9 Å². The predicted molar refractivity (Wildman–Crippen MR) is 107 cm³/mol. The molecular weight excluding hydrogens is 361 g/mol. The maximum absolute atomic E-state index is 13.6. The van der Waals surface area contributed by atoms with Gasteiger partial charge < -0.3 is 5.32 Å². The van der Waals surface area contributed by atoms with E-state index >= 15 is 0 Å². The van der Waals surface area contributed by atoms with Gasteiger partial charge in [-0.05, 0) is 55.2 Å². The molecule has 1 amide bonds. The van der Waals surface area contributed by atoms with Crippen LogP contribution in [0.1, 0.15) is 16.7 Å². The molecule has 0 fully saturated rings. The van der Waals surface area contributed by atoms with E-state index in [-0.39, 0.29) is 17.5 Å². The van der Waals surface area contributed by atoms with Crippen molar-refractivity contribution in [2.75, 3.05) is 12.3 Å². The summed E-state index contributed by atoms with van der Waals surface area (Å²) in [6, 6.07) is 12.8. The number of benzene rings is 2. The zero-order valence-corrected chi connectivity index (χ0v) is 16.2. The lowest BCUT2D eigenvalue weighted by molar-refractivity contribution is -0.118. The molecule has 0 atom stereocenters.